The molecular formula is C15H15N5O3S2. The Bertz CT molecular complexity index is 770. The van der Waals surface area contributed by atoms with Crippen molar-refractivity contribution in [2.24, 2.45) is 0 Å². The van der Waals surface area contributed by atoms with Crippen LogP contribution in [0.15, 0.2) is 28.6 Å². The van der Waals surface area contributed by atoms with Gasteiger partial charge in [-0.25, -0.2) is 4.79 Å². The van der Waals surface area contributed by atoms with Crippen LogP contribution in [0.1, 0.15) is 24.0 Å². The molecule has 0 aliphatic heterocycles. The van der Waals surface area contributed by atoms with Crippen LogP contribution in [-0.2, 0) is 10.5 Å². The second-order valence-electron chi connectivity index (χ2n) is 4.85. The standard InChI is InChI=1S/C15H15N5O3S2/c16-8-10-3-5-11(6-4-10)9-24-15-20-19-14(25-15)18-13(23)17-7-1-2-12(21)22/h3-6H,1-2,7,9H2,(H,21,22)(H2,17,18,19,23). The first-order valence-corrected chi connectivity index (χ1v) is 9.09. The molecule has 10 heteroatoms. The lowest BCUT2D eigenvalue weighted by Crippen LogP contribution is -2.29. The van der Waals surface area contributed by atoms with Crippen LogP contribution in [-0.4, -0.2) is 33.8 Å². The maximum Gasteiger partial charge on any atom is 0.321 e. The van der Waals surface area contributed by atoms with E-state index in [1.165, 1.54) is 23.1 Å². The fourth-order valence-corrected chi connectivity index (χ4v) is 3.42. The highest BCUT2D eigenvalue weighted by molar-refractivity contribution is 8.00. The molecule has 0 bridgehead atoms. The number of nitriles is 1. The Morgan fingerprint density at radius 2 is 2.04 bits per heavy atom. The number of hydrogen-bond acceptors (Lipinski definition) is 7. The van der Waals surface area contributed by atoms with Gasteiger partial charge in [0.2, 0.25) is 5.13 Å². The first-order valence-electron chi connectivity index (χ1n) is 7.29. The lowest BCUT2D eigenvalue weighted by molar-refractivity contribution is -0.137. The third-order valence-corrected chi connectivity index (χ3v) is 4.97. The zero-order chi connectivity index (χ0) is 18.1. The lowest BCUT2D eigenvalue weighted by atomic mass is 10.2. The Balaban J connectivity index is 1.74. The van der Waals surface area contributed by atoms with Crippen LogP contribution in [0.25, 0.3) is 0 Å². The van der Waals surface area contributed by atoms with Gasteiger partial charge in [0.15, 0.2) is 4.34 Å². The summed E-state index contributed by atoms with van der Waals surface area (Å²) in [5.74, 6) is -0.211. The molecule has 1 heterocycles. The third-order valence-electron chi connectivity index (χ3n) is 2.93. The fourth-order valence-electron chi connectivity index (χ4n) is 1.72. The van der Waals surface area contributed by atoms with Crippen molar-refractivity contribution in [3.63, 3.8) is 0 Å². The first-order chi connectivity index (χ1) is 12.1. The number of urea groups is 1. The molecule has 8 nitrogen and oxygen atoms in total. The van der Waals surface area contributed by atoms with Gasteiger partial charge in [0.05, 0.1) is 11.6 Å². The molecule has 0 fully saturated rings. The van der Waals surface area contributed by atoms with Gasteiger partial charge in [-0.2, -0.15) is 5.26 Å². The number of carbonyl (C=O) groups is 2. The van der Waals surface area contributed by atoms with E-state index in [4.69, 9.17) is 10.4 Å². The third kappa shape index (κ3) is 6.78. The number of carboxylic acid groups (broad SMARTS) is 1. The van der Waals surface area contributed by atoms with Crippen LogP contribution >= 0.6 is 23.1 Å². The molecule has 0 unspecified atom stereocenters. The summed E-state index contributed by atoms with van der Waals surface area (Å²) >= 11 is 2.74. The first kappa shape index (κ1) is 18.7. The van der Waals surface area contributed by atoms with E-state index in [-0.39, 0.29) is 13.0 Å². The van der Waals surface area contributed by atoms with Crippen molar-refractivity contribution in [2.75, 3.05) is 11.9 Å². The number of amides is 2. The van der Waals surface area contributed by atoms with Gasteiger partial charge in [-0.3, -0.25) is 10.1 Å². The number of rotatable bonds is 8. The Labute approximate surface area is 152 Å². The number of benzene rings is 1. The van der Waals surface area contributed by atoms with Gasteiger partial charge in [0.25, 0.3) is 0 Å². The van der Waals surface area contributed by atoms with Crippen LogP contribution in [0.4, 0.5) is 9.93 Å². The summed E-state index contributed by atoms with van der Waals surface area (Å²) in [6, 6.07) is 8.92. The molecule has 0 radical (unpaired) electrons. The highest BCUT2D eigenvalue weighted by Gasteiger charge is 2.08. The summed E-state index contributed by atoms with van der Waals surface area (Å²) in [6.45, 7) is 0.275. The van der Waals surface area contributed by atoms with E-state index >= 15 is 0 Å². The van der Waals surface area contributed by atoms with E-state index in [0.29, 0.717) is 27.2 Å². The van der Waals surface area contributed by atoms with Crippen LogP contribution in [0.2, 0.25) is 0 Å². The predicted molar refractivity (Wildman–Crippen MR) is 94.5 cm³/mol. The lowest BCUT2D eigenvalue weighted by Gasteiger charge is -2.03. The molecule has 0 aliphatic carbocycles. The molecule has 0 saturated heterocycles. The van der Waals surface area contributed by atoms with Gasteiger partial charge < -0.3 is 10.4 Å². The molecule has 25 heavy (non-hydrogen) atoms. The highest BCUT2D eigenvalue weighted by Crippen LogP contribution is 2.28. The Morgan fingerprint density at radius 1 is 1.28 bits per heavy atom. The van der Waals surface area contributed by atoms with Crippen molar-refractivity contribution in [3.8, 4) is 6.07 Å². The van der Waals surface area contributed by atoms with Crippen LogP contribution in [0, 0.1) is 11.3 Å². The van der Waals surface area contributed by atoms with Gasteiger partial charge in [0.1, 0.15) is 0 Å². The Hall–Kier alpha value is -2.64. The molecule has 130 valence electrons. The molecule has 0 aliphatic rings. The van der Waals surface area contributed by atoms with Crippen molar-refractivity contribution in [1.82, 2.24) is 15.5 Å². The largest absolute Gasteiger partial charge is 0.481 e. The van der Waals surface area contributed by atoms with Gasteiger partial charge in [-0.15, -0.1) is 10.2 Å². The molecule has 1 aromatic carbocycles. The van der Waals surface area contributed by atoms with Crippen molar-refractivity contribution in [2.45, 2.75) is 22.9 Å². The minimum Gasteiger partial charge on any atom is -0.481 e. The average molecular weight is 377 g/mol. The van der Waals surface area contributed by atoms with E-state index < -0.39 is 12.0 Å². The van der Waals surface area contributed by atoms with Crippen molar-refractivity contribution in [3.05, 3.63) is 35.4 Å². The number of aromatic nitrogens is 2. The number of carboxylic acids is 1. The minimum absolute atomic E-state index is 0.00915. The smallest absolute Gasteiger partial charge is 0.321 e. The molecule has 0 saturated carbocycles. The van der Waals surface area contributed by atoms with Crippen LogP contribution in [0.3, 0.4) is 0 Å². The number of nitrogens with one attached hydrogen (secondary N) is 2. The average Bonchev–Trinajstić information content (AvgIpc) is 3.04. The molecule has 0 atom stereocenters. The Kier molecular flexibility index (Phi) is 7.18. The quantitative estimate of drug-likeness (QED) is 0.366. The van der Waals surface area contributed by atoms with E-state index in [2.05, 4.69) is 26.9 Å². The number of anilines is 1. The van der Waals surface area contributed by atoms with Crippen LogP contribution < -0.4 is 10.6 Å². The fraction of sp³-hybridized carbons (Fsp3) is 0.267. The molecular weight excluding hydrogens is 362 g/mol. The van der Waals surface area contributed by atoms with E-state index in [1.807, 2.05) is 12.1 Å². The number of nitrogens with zero attached hydrogens (tertiary/aromatic N) is 3. The van der Waals surface area contributed by atoms with Gasteiger partial charge in [-0.05, 0) is 24.1 Å². The summed E-state index contributed by atoms with van der Waals surface area (Å²) in [4.78, 5) is 22.0. The van der Waals surface area contributed by atoms with E-state index in [0.717, 1.165) is 5.56 Å². The maximum atomic E-state index is 11.6. The van der Waals surface area contributed by atoms with Gasteiger partial charge in [0, 0.05) is 18.7 Å². The molecule has 2 amide bonds. The van der Waals surface area contributed by atoms with Gasteiger partial charge >= 0.3 is 12.0 Å². The second kappa shape index (κ2) is 9.61. The zero-order valence-electron chi connectivity index (χ0n) is 13.1. The van der Waals surface area contributed by atoms with E-state index in [9.17, 15) is 9.59 Å². The molecule has 3 N–H and O–H groups in total. The summed E-state index contributed by atoms with van der Waals surface area (Å²) in [5.41, 5.74) is 1.68. The minimum atomic E-state index is -0.893. The van der Waals surface area contributed by atoms with Crippen molar-refractivity contribution >= 4 is 40.2 Å². The number of carbonyl (C=O) groups excluding carboxylic acids is 1. The second-order valence-corrected chi connectivity index (χ2v) is 7.05. The number of thioether (sulfide) groups is 1. The predicted octanol–water partition coefficient (Wildman–Crippen LogP) is 2.69. The molecule has 2 rings (SSSR count). The molecule has 0 spiro atoms. The topological polar surface area (TPSA) is 128 Å². The zero-order valence-corrected chi connectivity index (χ0v) is 14.7. The summed E-state index contributed by atoms with van der Waals surface area (Å²) in [5, 5.41) is 30.7. The van der Waals surface area contributed by atoms with Gasteiger partial charge in [-0.1, -0.05) is 35.2 Å². The Morgan fingerprint density at radius 3 is 2.72 bits per heavy atom. The highest BCUT2D eigenvalue weighted by atomic mass is 32.2. The number of hydrogen-bond donors (Lipinski definition) is 3. The summed E-state index contributed by atoms with van der Waals surface area (Å²) < 4.78 is 0.713. The van der Waals surface area contributed by atoms with E-state index in [1.54, 1.807) is 12.1 Å². The summed E-state index contributed by atoms with van der Waals surface area (Å²) in [7, 11) is 0. The monoisotopic (exact) mass is 377 g/mol. The van der Waals surface area contributed by atoms with Crippen LogP contribution in [0.5, 0.6) is 0 Å². The molecule has 1 aromatic heterocycles. The maximum absolute atomic E-state index is 11.6. The van der Waals surface area contributed by atoms with Crippen molar-refractivity contribution in [1.29, 1.82) is 5.26 Å². The summed E-state index contributed by atoms with van der Waals surface area (Å²) in [6.07, 6.45) is 0.375. The van der Waals surface area contributed by atoms with Crippen molar-refractivity contribution < 1.29 is 14.7 Å². The SMILES string of the molecule is N#Cc1ccc(CSc2nnc(NC(=O)NCCCC(=O)O)s2)cc1. The normalized spacial score (nSPS) is 10.0. The molecule has 2 aromatic rings. The number of aliphatic carboxylic acids is 1.